The predicted octanol–water partition coefficient (Wildman–Crippen LogP) is 0.555. The largest absolute Gasteiger partial charge is 0.481 e. The van der Waals surface area contributed by atoms with Crippen LogP contribution < -0.4 is 5.32 Å². The summed E-state index contributed by atoms with van der Waals surface area (Å²) < 4.78 is 0. The number of piperidine rings is 1. The van der Waals surface area contributed by atoms with Crippen LogP contribution >= 0.6 is 0 Å². The molecule has 0 radical (unpaired) electrons. The third kappa shape index (κ3) is 3.70. The van der Waals surface area contributed by atoms with Gasteiger partial charge in [0.25, 0.3) is 0 Å². The first kappa shape index (κ1) is 14.0. The first-order valence-electron chi connectivity index (χ1n) is 6.04. The van der Waals surface area contributed by atoms with Gasteiger partial charge < -0.3 is 15.3 Å². The molecule has 0 aromatic heterocycles. The second-order valence-corrected chi connectivity index (χ2v) is 5.35. The average Bonchev–Trinajstić information content (AvgIpc) is 2.28. The van der Waals surface area contributed by atoms with Crippen molar-refractivity contribution in [2.24, 2.45) is 11.3 Å². The second kappa shape index (κ2) is 5.49. The Hall–Kier alpha value is -1.10. The lowest BCUT2D eigenvalue weighted by atomic mass is 9.90. The molecule has 1 aliphatic rings. The highest BCUT2D eigenvalue weighted by molar-refractivity contribution is 5.78. The Balaban J connectivity index is 2.43. The van der Waals surface area contributed by atoms with Crippen molar-refractivity contribution in [3.63, 3.8) is 0 Å². The third-order valence-corrected chi connectivity index (χ3v) is 3.40. The van der Waals surface area contributed by atoms with Gasteiger partial charge in [-0.15, -0.1) is 0 Å². The SMILES string of the molecule is CNC(=O)C1CCN(CC(C)(C)C(=O)O)CC1. The number of hydrogen-bond acceptors (Lipinski definition) is 3. The maximum absolute atomic E-state index is 11.4. The molecule has 98 valence electrons. The van der Waals surface area contributed by atoms with E-state index in [4.69, 9.17) is 5.11 Å². The maximum atomic E-state index is 11.4. The van der Waals surface area contributed by atoms with E-state index in [1.54, 1.807) is 20.9 Å². The van der Waals surface area contributed by atoms with Crippen LogP contribution in [0.15, 0.2) is 0 Å². The maximum Gasteiger partial charge on any atom is 0.310 e. The van der Waals surface area contributed by atoms with Crippen LogP contribution in [-0.2, 0) is 9.59 Å². The number of amides is 1. The van der Waals surface area contributed by atoms with Gasteiger partial charge in [-0.1, -0.05) is 0 Å². The molecule has 0 aliphatic carbocycles. The highest BCUT2D eigenvalue weighted by Crippen LogP contribution is 2.22. The average molecular weight is 242 g/mol. The summed E-state index contributed by atoms with van der Waals surface area (Å²) in [5.41, 5.74) is -0.722. The summed E-state index contributed by atoms with van der Waals surface area (Å²) in [5.74, 6) is -0.586. The summed E-state index contributed by atoms with van der Waals surface area (Å²) >= 11 is 0. The minimum Gasteiger partial charge on any atom is -0.481 e. The van der Waals surface area contributed by atoms with Crippen LogP contribution in [0.2, 0.25) is 0 Å². The number of hydrogen-bond donors (Lipinski definition) is 2. The number of carboxylic acid groups (broad SMARTS) is 1. The van der Waals surface area contributed by atoms with E-state index in [0.717, 1.165) is 25.9 Å². The number of carbonyl (C=O) groups is 2. The van der Waals surface area contributed by atoms with E-state index in [1.165, 1.54) is 0 Å². The number of carboxylic acids is 1. The van der Waals surface area contributed by atoms with E-state index in [9.17, 15) is 9.59 Å². The molecule has 1 heterocycles. The Bertz CT molecular complexity index is 294. The Morgan fingerprint density at radius 3 is 2.29 bits per heavy atom. The third-order valence-electron chi connectivity index (χ3n) is 3.40. The molecule has 5 heteroatoms. The molecule has 0 bridgehead atoms. The molecule has 0 atom stereocenters. The van der Waals surface area contributed by atoms with Crippen molar-refractivity contribution in [2.75, 3.05) is 26.7 Å². The number of aliphatic carboxylic acids is 1. The Labute approximate surface area is 102 Å². The molecular formula is C12H22N2O3. The molecule has 2 N–H and O–H groups in total. The van der Waals surface area contributed by atoms with E-state index in [-0.39, 0.29) is 11.8 Å². The molecule has 17 heavy (non-hydrogen) atoms. The van der Waals surface area contributed by atoms with Gasteiger partial charge in [0, 0.05) is 19.5 Å². The van der Waals surface area contributed by atoms with Gasteiger partial charge in [-0.2, -0.15) is 0 Å². The molecular weight excluding hydrogens is 220 g/mol. The summed E-state index contributed by atoms with van der Waals surface area (Å²) in [6, 6.07) is 0. The summed E-state index contributed by atoms with van der Waals surface area (Å²) in [5, 5.41) is 11.7. The van der Waals surface area contributed by atoms with Crippen molar-refractivity contribution in [3.05, 3.63) is 0 Å². The van der Waals surface area contributed by atoms with Crippen molar-refractivity contribution in [2.45, 2.75) is 26.7 Å². The number of nitrogens with one attached hydrogen (secondary N) is 1. The fraction of sp³-hybridized carbons (Fsp3) is 0.833. The van der Waals surface area contributed by atoms with Gasteiger partial charge in [0.2, 0.25) is 5.91 Å². The van der Waals surface area contributed by atoms with E-state index < -0.39 is 11.4 Å². The fourth-order valence-corrected chi connectivity index (χ4v) is 2.18. The van der Waals surface area contributed by atoms with Crippen molar-refractivity contribution in [3.8, 4) is 0 Å². The lowest BCUT2D eigenvalue weighted by molar-refractivity contribution is -0.148. The minimum absolute atomic E-state index is 0.0872. The van der Waals surface area contributed by atoms with Crippen LogP contribution in [0.5, 0.6) is 0 Å². The van der Waals surface area contributed by atoms with Crippen molar-refractivity contribution >= 4 is 11.9 Å². The molecule has 1 saturated heterocycles. The van der Waals surface area contributed by atoms with Crippen LogP contribution in [-0.4, -0.2) is 48.6 Å². The zero-order valence-electron chi connectivity index (χ0n) is 10.8. The fourth-order valence-electron chi connectivity index (χ4n) is 2.18. The molecule has 0 saturated carbocycles. The van der Waals surface area contributed by atoms with E-state index >= 15 is 0 Å². The number of likely N-dealkylation sites (tertiary alicyclic amines) is 1. The molecule has 0 aromatic carbocycles. The zero-order valence-corrected chi connectivity index (χ0v) is 10.8. The zero-order chi connectivity index (χ0) is 13.1. The Morgan fingerprint density at radius 2 is 1.88 bits per heavy atom. The first-order chi connectivity index (χ1) is 7.86. The summed E-state index contributed by atoms with van der Waals surface area (Å²) in [4.78, 5) is 24.6. The van der Waals surface area contributed by atoms with Gasteiger partial charge in [0.15, 0.2) is 0 Å². The van der Waals surface area contributed by atoms with Crippen LogP contribution in [0.25, 0.3) is 0 Å². The molecule has 0 aromatic rings. The van der Waals surface area contributed by atoms with Crippen LogP contribution in [0.4, 0.5) is 0 Å². The number of nitrogens with zero attached hydrogens (tertiary/aromatic N) is 1. The molecule has 0 unspecified atom stereocenters. The van der Waals surface area contributed by atoms with Gasteiger partial charge in [-0.05, 0) is 39.8 Å². The van der Waals surface area contributed by atoms with Gasteiger partial charge in [-0.3, -0.25) is 9.59 Å². The second-order valence-electron chi connectivity index (χ2n) is 5.35. The topological polar surface area (TPSA) is 69.6 Å². The first-order valence-corrected chi connectivity index (χ1v) is 6.04. The molecule has 0 spiro atoms. The quantitative estimate of drug-likeness (QED) is 0.755. The number of carbonyl (C=O) groups excluding carboxylic acids is 1. The van der Waals surface area contributed by atoms with Crippen LogP contribution in [0.3, 0.4) is 0 Å². The smallest absolute Gasteiger partial charge is 0.310 e. The highest BCUT2D eigenvalue weighted by atomic mass is 16.4. The summed E-state index contributed by atoms with van der Waals surface area (Å²) in [6.07, 6.45) is 1.63. The standard InChI is InChI=1S/C12H22N2O3/c1-12(2,11(16)17)8-14-6-4-9(5-7-14)10(15)13-3/h9H,4-8H2,1-3H3,(H,13,15)(H,16,17). The molecule has 5 nitrogen and oxygen atoms in total. The Kier molecular flexibility index (Phi) is 4.51. The lowest BCUT2D eigenvalue weighted by Crippen LogP contribution is -2.45. The van der Waals surface area contributed by atoms with E-state index in [2.05, 4.69) is 10.2 Å². The molecule has 1 rings (SSSR count). The molecule has 1 fully saturated rings. The van der Waals surface area contributed by atoms with Gasteiger partial charge in [0.05, 0.1) is 5.41 Å². The van der Waals surface area contributed by atoms with Crippen LogP contribution in [0, 0.1) is 11.3 Å². The lowest BCUT2D eigenvalue weighted by Gasteiger charge is -2.35. The molecule has 1 amide bonds. The van der Waals surface area contributed by atoms with Crippen molar-refractivity contribution < 1.29 is 14.7 Å². The highest BCUT2D eigenvalue weighted by Gasteiger charge is 2.32. The predicted molar refractivity (Wildman–Crippen MR) is 64.6 cm³/mol. The van der Waals surface area contributed by atoms with Gasteiger partial charge >= 0.3 is 5.97 Å². The van der Waals surface area contributed by atoms with Gasteiger partial charge in [-0.25, -0.2) is 0 Å². The minimum atomic E-state index is -0.772. The van der Waals surface area contributed by atoms with Crippen molar-refractivity contribution in [1.29, 1.82) is 0 Å². The monoisotopic (exact) mass is 242 g/mol. The summed E-state index contributed by atoms with van der Waals surface area (Å²) in [7, 11) is 1.66. The normalized spacial score (nSPS) is 19.0. The van der Waals surface area contributed by atoms with Crippen LogP contribution in [0.1, 0.15) is 26.7 Å². The van der Waals surface area contributed by atoms with E-state index in [0.29, 0.717) is 6.54 Å². The van der Waals surface area contributed by atoms with Gasteiger partial charge in [0.1, 0.15) is 0 Å². The number of rotatable bonds is 4. The van der Waals surface area contributed by atoms with E-state index in [1.807, 2.05) is 0 Å². The molecule has 1 aliphatic heterocycles. The Morgan fingerprint density at radius 1 is 1.35 bits per heavy atom. The summed E-state index contributed by atoms with van der Waals surface area (Å²) in [6.45, 7) is 5.62. The van der Waals surface area contributed by atoms with Crippen molar-refractivity contribution in [1.82, 2.24) is 10.2 Å².